The number of aromatic nitrogens is 3. The van der Waals surface area contributed by atoms with E-state index in [1.54, 1.807) is 12.1 Å². The summed E-state index contributed by atoms with van der Waals surface area (Å²) in [6, 6.07) is 17.3. The summed E-state index contributed by atoms with van der Waals surface area (Å²) < 4.78 is 11.4. The highest BCUT2D eigenvalue weighted by Crippen LogP contribution is 2.34. The van der Waals surface area contributed by atoms with E-state index in [4.69, 9.17) is 24.4 Å². The van der Waals surface area contributed by atoms with Crippen LogP contribution in [0.2, 0.25) is 0 Å². The first-order chi connectivity index (χ1) is 23.2. The summed E-state index contributed by atoms with van der Waals surface area (Å²) in [5.41, 5.74) is 6.70. The third-order valence-corrected chi connectivity index (χ3v) is 8.76. The molecule has 0 bridgehead atoms. The number of nitrogens with zero attached hydrogens (tertiary/aromatic N) is 3. The number of aryl methyl sites for hydroxylation is 4. The molecule has 0 spiro atoms. The first-order valence-electron chi connectivity index (χ1n) is 17.9. The number of hydrogen-bond donors (Lipinski definition) is 2. The molecule has 0 saturated carbocycles. The Morgan fingerprint density at radius 2 is 1.06 bits per heavy atom. The minimum Gasteiger partial charge on any atom is -0.507 e. The van der Waals surface area contributed by atoms with Crippen LogP contribution in [0, 0.1) is 27.7 Å². The van der Waals surface area contributed by atoms with Gasteiger partial charge in [0.05, 0.1) is 12.2 Å². The molecule has 7 heteroatoms. The fourth-order valence-corrected chi connectivity index (χ4v) is 6.01. The molecule has 0 fully saturated rings. The molecule has 0 aliphatic carbocycles. The number of aromatic hydroxyl groups is 1. The quantitative estimate of drug-likeness (QED) is 0.0723. The van der Waals surface area contributed by atoms with Crippen molar-refractivity contribution in [2.24, 2.45) is 0 Å². The van der Waals surface area contributed by atoms with Gasteiger partial charge in [0.25, 0.3) is 0 Å². The Morgan fingerprint density at radius 3 is 1.56 bits per heavy atom. The van der Waals surface area contributed by atoms with Crippen LogP contribution >= 0.6 is 0 Å². The number of aliphatic hydroxyl groups is 1. The lowest BCUT2D eigenvalue weighted by Crippen LogP contribution is -2.18. The van der Waals surface area contributed by atoms with Crippen LogP contribution < -0.4 is 4.74 Å². The summed E-state index contributed by atoms with van der Waals surface area (Å²) in [7, 11) is 0. The van der Waals surface area contributed by atoms with Crippen LogP contribution in [0.3, 0.4) is 0 Å². The second-order valence-corrected chi connectivity index (χ2v) is 13.1. The van der Waals surface area contributed by atoms with Crippen molar-refractivity contribution in [2.75, 3.05) is 13.2 Å². The highest BCUT2D eigenvalue weighted by Gasteiger charge is 2.18. The Labute approximate surface area is 287 Å². The van der Waals surface area contributed by atoms with Gasteiger partial charge in [0, 0.05) is 30.2 Å². The zero-order valence-electron chi connectivity index (χ0n) is 29.7. The molecular formula is C41H55N3O4. The maximum Gasteiger partial charge on any atom is 0.199 e. The van der Waals surface area contributed by atoms with Gasteiger partial charge in [-0.3, -0.25) is 0 Å². The Bertz CT molecular complexity index is 1520. The molecule has 7 nitrogen and oxygen atoms in total. The van der Waals surface area contributed by atoms with Crippen molar-refractivity contribution in [1.82, 2.24) is 15.0 Å². The number of phenolic OH excluding ortho intramolecular Hbond substituents is 1. The topological polar surface area (TPSA) is 97.6 Å². The molecule has 0 radical (unpaired) electrons. The van der Waals surface area contributed by atoms with E-state index in [1.165, 1.54) is 70.3 Å². The lowest BCUT2D eigenvalue weighted by atomic mass is 10.0. The zero-order valence-corrected chi connectivity index (χ0v) is 29.7. The van der Waals surface area contributed by atoms with Crippen molar-refractivity contribution < 1.29 is 19.7 Å². The second-order valence-electron chi connectivity index (χ2n) is 13.1. The summed E-state index contributed by atoms with van der Waals surface area (Å²) in [5.74, 6) is 1.74. The van der Waals surface area contributed by atoms with E-state index in [-0.39, 0.29) is 5.75 Å². The van der Waals surface area contributed by atoms with Gasteiger partial charge in [0.2, 0.25) is 0 Å². The van der Waals surface area contributed by atoms with Gasteiger partial charge in [-0.1, -0.05) is 119 Å². The standard InChI is InChI=1S/C41H55N3O4/c1-6-7-8-9-10-11-12-13-14-15-16-24-47-25-23-38(46)48-33-19-22-36(37(45)28-33)41-43-39(34-20-17-29(2)26-31(34)4)42-40(44-41)35-21-18-30(3)27-32(35)5/h17-22,26-28,38,45-46H,6-16,23-25H2,1-5H3. The summed E-state index contributed by atoms with van der Waals surface area (Å²) in [5, 5.41) is 21.6. The summed E-state index contributed by atoms with van der Waals surface area (Å²) in [6.45, 7) is 11.6. The van der Waals surface area contributed by atoms with Crippen molar-refractivity contribution in [1.29, 1.82) is 0 Å². The Kier molecular flexibility index (Phi) is 14.8. The predicted octanol–water partition coefficient (Wildman–Crippen LogP) is 10.2. The van der Waals surface area contributed by atoms with Gasteiger partial charge in [-0.2, -0.15) is 0 Å². The van der Waals surface area contributed by atoms with Crippen LogP contribution in [-0.4, -0.2) is 44.7 Å². The predicted molar refractivity (Wildman–Crippen MR) is 195 cm³/mol. The molecular weight excluding hydrogens is 598 g/mol. The Balaban J connectivity index is 1.32. The molecule has 0 saturated heterocycles. The van der Waals surface area contributed by atoms with E-state index in [9.17, 15) is 10.2 Å². The number of aliphatic hydroxyl groups excluding tert-OH is 1. The largest absolute Gasteiger partial charge is 0.507 e. The smallest absolute Gasteiger partial charge is 0.199 e. The Morgan fingerprint density at radius 1 is 0.583 bits per heavy atom. The lowest BCUT2D eigenvalue weighted by molar-refractivity contribution is -0.0416. The molecule has 4 aromatic rings. The third kappa shape index (κ3) is 11.4. The molecule has 1 aromatic heterocycles. The maximum atomic E-state index is 11.1. The minimum absolute atomic E-state index is 0.0446. The first-order valence-corrected chi connectivity index (χ1v) is 17.9. The van der Waals surface area contributed by atoms with Crippen molar-refractivity contribution in [2.45, 2.75) is 118 Å². The average molecular weight is 654 g/mol. The Hall–Kier alpha value is -3.81. The van der Waals surface area contributed by atoms with Crippen molar-refractivity contribution in [3.8, 4) is 45.7 Å². The number of phenols is 1. The van der Waals surface area contributed by atoms with Gasteiger partial charge < -0.3 is 19.7 Å². The lowest BCUT2D eigenvalue weighted by Gasteiger charge is -2.15. The van der Waals surface area contributed by atoms with E-state index in [1.807, 2.05) is 38.1 Å². The molecule has 4 rings (SSSR count). The van der Waals surface area contributed by atoms with Crippen molar-refractivity contribution in [3.63, 3.8) is 0 Å². The molecule has 1 atom stereocenters. The summed E-state index contributed by atoms with van der Waals surface area (Å²) >= 11 is 0. The van der Waals surface area contributed by atoms with Crippen molar-refractivity contribution in [3.05, 3.63) is 76.9 Å². The van der Waals surface area contributed by atoms with Crippen LogP contribution in [0.1, 0.15) is 106 Å². The number of rotatable bonds is 20. The fraction of sp³-hybridized carbons (Fsp3) is 0.488. The summed E-state index contributed by atoms with van der Waals surface area (Å²) in [4.78, 5) is 14.5. The highest BCUT2D eigenvalue weighted by atomic mass is 16.6. The van der Waals surface area contributed by atoms with Crippen LogP contribution in [0.25, 0.3) is 34.2 Å². The number of hydrogen-bond acceptors (Lipinski definition) is 7. The molecule has 48 heavy (non-hydrogen) atoms. The normalized spacial score (nSPS) is 12.0. The summed E-state index contributed by atoms with van der Waals surface area (Å²) in [6.07, 6.45) is 13.6. The molecule has 258 valence electrons. The maximum absolute atomic E-state index is 11.1. The van der Waals surface area contributed by atoms with Gasteiger partial charge in [0.15, 0.2) is 23.8 Å². The van der Waals surface area contributed by atoms with E-state index in [0.29, 0.717) is 48.4 Å². The highest BCUT2D eigenvalue weighted by molar-refractivity contribution is 5.72. The SMILES string of the molecule is CCCCCCCCCCCCCOCCC(O)Oc1ccc(-c2nc(-c3ccc(C)cc3C)nc(-c3ccc(C)cc3C)n2)c(O)c1. The van der Waals surface area contributed by atoms with Gasteiger partial charge in [-0.05, 0) is 57.4 Å². The molecule has 1 heterocycles. The molecule has 3 aromatic carbocycles. The minimum atomic E-state index is -1.04. The number of benzene rings is 3. The van der Waals surface area contributed by atoms with Crippen LogP contribution in [-0.2, 0) is 4.74 Å². The van der Waals surface area contributed by atoms with Crippen LogP contribution in [0.15, 0.2) is 54.6 Å². The zero-order chi connectivity index (χ0) is 34.3. The van der Waals surface area contributed by atoms with Gasteiger partial charge in [0.1, 0.15) is 11.5 Å². The first kappa shape index (κ1) is 37.0. The number of unbranched alkanes of at least 4 members (excludes halogenated alkanes) is 10. The van der Waals surface area contributed by atoms with E-state index >= 15 is 0 Å². The van der Waals surface area contributed by atoms with Crippen LogP contribution in [0.5, 0.6) is 11.5 Å². The average Bonchev–Trinajstić information content (AvgIpc) is 3.04. The van der Waals surface area contributed by atoms with Gasteiger partial charge in [-0.25, -0.2) is 15.0 Å². The van der Waals surface area contributed by atoms with Gasteiger partial charge >= 0.3 is 0 Å². The molecule has 0 amide bonds. The van der Waals surface area contributed by atoms with Crippen molar-refractivity contribution >= 4 is 0 Å². The van der Waals surface area contributed by atoms with E-state index in [0.717, 1.165) is 39.8 Å². The van der Waals surface area contributed by atoms with Gasteiger partial charge in [-0.15, -0.1) is 0 Å². The monoisotopic (exact) mass is 653 g/mol. The van der Waals surface area contributed by atoms with E-state index in [2.05, 4.69) is 32.9 Å². The van der Waals surface area contributed by atoms with E-state index < -0.39 is 6.29 Å². The fourth-order valence-electron chi connectivity index (χ4n) is 6.01. The molecule has 1 unspecified atom stereocenters. The second kappa shape index (κ2) is 19.3. The molecule has 0 aliphatic rings. The number of ether oxygens (including phenoxy) is 2. The van der Waals surface area contributed by atoms with Crippen LogP contribution in [0.4, 0.5) is 0 Å². The third-order valence-electron chi connectivity index (χ3n) is 8.76. The molecule has 2 N–H and O–H groups in total. The molecule has 0 aliphatic heterocycles.